The number of anilines is 1. The van der Waals surface area contributed by atoms with E-state index in [1.165, 1.54) is 36.4 Å². The summed E-state index contributed by atoms with van der Waals surface area (Å²) in [5, 5.41) is 11.2. The Morgan fingerprint density at radius 3 is 1.98 bits per heavy atom. The third-order valence-electron chi connectivity index (χ3n) is 5.60. The fourth-order valence-corrected chi connectivity index (χ4v) is 5.53. The van der Waals surface area contributed by atoms with Gasteiger partial charge in [-0.3, -0.25) is 4.79 Å². The third-order valence-corrected chi connectivity index (χ3v) is 7.74. The molecule has 4 rings (SSSR count). The fraction of sp³-hybridized carbons (Fsp3) is 0.148. The van der Waals surface area contributed by atoms with Crippen LogP contribution in [0.25, 0.3) is 10.6 Å². The van der Waals surface area contributed by atoms with Crippen molar-refractivity contribution in [2.24, 2.45) is 0 Å². The third kappa shape index (κ3) is 7.05. The molecule has 1 N–H and O–H groups in total. The maximum Gasteiger partial charge on any atom is 0.417 e. The Hall–Kier alpha value is -4.03. The van der Waals surface area contributed by atoms with Gasteiger partial charge in [0.2, 0.25) is 5.91 Å². The Morgan fingerprint density at radius 2 is 1.48 bits per heavy atom. The average molecular weight is 632 g/mol. The van der Waals surface area contributed by atoms with E-state index in [2.05, 4.69) is 4.98 Å². The van der Waals surface area contributed by atoms with Gasteiger partial charge in [-0.15, -0.1) is 11.3 Å². The zero-order chi connectivity index (χ0) is 30.9. The van der Waals surface area contributed by atoms with Crippen molar-refractivity contribution in [2.45, 2.75) is 28.8 Å². The van der Waals surface area contributed by atoms with Crippen LogP contribution in [-0.2, 0) is 23.3 Å². The van der Waals surface area contributed by atoms with Crippen molar-refractivity contribution in [2.75, 3.05) is 5.32 Å². The second-order valence-corrected chi connectivity index (χ2v) is 10.6. The molecular weight excluding hydrogens is 617 g/mol. The number of hydrogen-bond donors (Lipinski definition) is 1. The second-order valence-electron chi connectivity index (χ2n) is 8.51. The van der Waals surface area contributed by atoms with Crippen LogP contribution in [0, 0.1) is 11.3 Å². The Labute approximate surface area is 239 Å². The summed E-state index contributed by atoms with van der Waals surface area (Å²) in [4.78, 5) is 17.9. The normalized spacial score (nSPS) is 13.0. The Morgan fingerprint density at radius 1 is 0.857 bits per heavy atom. The van der Waals surface area contributed by atoms with Gasteiger partial charge in [0.1, 0.15) is 16.3 Å². The lowest BCUT2D eigenvalue weighted by atomic mass is 10.1. The van der Waals surface area contributed by atoms with Crippen molar-refractivity contribution in [3.8, 4) is 16.6 Å². The van der Waals surface area contributed by atoms with Crippen molar-refractivity contribution in [3.63, 3.8) is 0 Å². The second kappa shape index (κ2) is 11.7. The number of nitriles is 1. The number of carbonyl (C=O) groups is 1. The first-order chi connectivity index (χ1) is 19.6. The summed E-state index contributed by atoms with van der Waals surface area (Å²) in [6.45, 7) is 0. The molecular formula is C27H14F9N3OS2. The maximum absolute atomic E-state index is 14.0. The number of pyridine rings is 1. The maximum atomic E-state index is 14.0. The molecule has 1 unspecified atom stereocenters. The first-order valence-electron chi connectivity index (χ1n) is 11.5. The lowest BCUT2D eigenvalue weighted by Gasteiger charge is -2.20. The lowest BCUT2D eigenvalue weighted by Crippen LogP contribution is -2.21. The topological polar surface area (TPSA) is 65.8 Å². The number of nitrogens with one attached hydrogen (secondary N) is 1. The van der Waals surface area contributed by atoms with Crippen LogP contribution in [0.2, 0.25) is 0 Å². The number of carbonyl (C=O) groups excluding carboxylic acids is 1. The van der Waals surface area contributed by atoms with Gasteiger partial charge < -0.3 is 5.32 Å². The summed E-state index contributed by atoms with van der Waals surface area (Å²) < 4.78 is 122. The highest BCUT2D eigenvalue weighted by atomic mass is 32.2. The largest absolute Gasteiger partial charge is 0.417 e. The van der Waals surface area contributed by atoms with Crippen LogP contribution < -0.4 is 5.32 Å². The molecule has 4 aromatic rings. The zero-order valence-corrected chi connectivity index (χ0v) is 22.2. The van der Waals surface area contributed by atoms with Gasteiger partial charge in [0.15, 0.2) is 0 Å². The number of hydrogen-bond acceptors (Lipinski definition) is 5. The molecule has 218 valence electrons. The van der Waals surface area contributed by atoms with Gasteiger partial charge in [-0.05, 0) is 41.3 Å². The predicted octanol–water partition coefficient (Wildman–Crippen LogP) is 9.21. The number of thioether (sulfide) groups is 1. The average Bonchev–Trinajstić information content (AvgIpc) is 3.45. The van der Waals surface area contributed by atoms with Crippen LogP contribution in [0.15, 0.2) is 77.1 Å². The molecule has 4 nitrogen and oxygen atoms in total. The van der Waals surface area contributed by atoms with E-state index < -0.39 is 62.7 Å². The summed E-state index contributed by atoms with van der Waals surface area (Å²) in [6, 6.07) is 12.9. The van der Waals surface area contributed by atoms with E-state index in [0.29, 0.717) is 34.8 Å². The van der Waals surface area contributed by atoms with E-state index in [-0.39, 0.29) is 17.3 Å². The first-order valence-corrected chi connectivity index (χ1v) is 13.2. The van der Waals surface area contributed by atoms with Gasteiger partial charge in [0.05, 0.1) is 32.8 Å². The number of thiophene rings is 1. The van der Waals surface area contributed by atoms with Gasteiger partial charge in [0, 0.05) is 5.69 Å². The summed E-state index contributed by atoms with van der Waals surface area (Å²) in [5.41, 5.74) is -6.46. The molecule has 0 saturated carbocycles. The van der Waals surface area contributed by atoms with Gasteiger partial charge in [-0.1, -0.05) is 48.2 Å². The standard InChI is InChI=1S/C27H14F9N3OS2/c28-25(29,30)15-9-16(26(31,32)33)11-17(10-15)38-23(40)22(14-5-2-1-3-6-14)42-24-18(13-37)19(27(34,35)36)12-20(39-24)21-7-4-8-41-21/h1-12,22H,(H,38,40). The number of halogens is 9. The number of rotatable bonds is 6. The fourth-order valence-electron chi connectivity index (χ4n) is 3.74. The van der Waals surface area contributed by atoms with E-state index in [0.717, 1.165) is 11.3 Å². The first kappa shape index (κ1) is 30.9. The van der Waals surface area contributed by atoms with Crippen molar-refractivity contribution in [3.05, 3.63) is 99.9 Å². The van der Waals surface area contributed by atoms with Gasteiger partial charge in [-0.25, -0.2) is 4.98 Å². The molecule has 0 aliphatic carbocycles. The molecule has 1 amide bonds. The highest BCUT2D eigenvalue weighted by Gasteiger charge is 2.39. The minimum absolute atomic E-state index is 0.114. The van der Waals surface area contributed by atoms with Gasteiger partial charge >= 0.3 is 18.5 Å². The molecule has 0 bridgehead atoms. The molecule has 2 heterocycles. The predicted molar refractivity (Wildman–Crippen MR) is 137 cm³/mol. The smallest absolute Gasteiger partial charge is 0.325 e. The van der Waals surface area contributed by atoms with Crippen LogP contribution in [0.1, 0.15) is 33.1 Å². The number of aromatic nitrogens is 1. The Kier molecular flexibility index (Phi) is 8.60. The Balaban J connectivity index is 1.82. The molecule has 42 heavy (non-hydrogen) atoms. The molecule has 0 fully saturated rings. The summed E-state index contributed by atoms with van der Waals surface area (Å²) in [6.07, 6.45) is -15.4. The molecule has 1 atom stereocenters. The molecule has 0 spiro atoms. The monoisotopic (exact) mass is 631 g/mol. The minimum Gasteiger partial charge on any atom is -0.325 e. The van der Waals surface area contributed by atoms with Crippen LogP contribution in [0.5, 0.6) is 0 Å². The summed E-state index contributed by atoms with van der Waals surface area (Å²) in [5.74, 6) is -1.17. The minimum atomic E-state index is -5.18. The van der Waals surface area contributed by atoms with Crippen LogP contribution in [0.4, 0.5) is 45.2 Å². The number of benzene rings is 2. The molecule has 0 aliphatic rings. The molecule has 15 heteroatoms. The van der Waals surface area contributed by atoms with Crippen LogP contribution >= 0.6 is 23.1 Å². The molecule has 0 saturated heterocycles. The summed E-state index contributed by atoms with van der Waals surface area (Å²) >= 11 is 1.46. The van der Waals surface area contributed by atoms with Crippen LogP contribution in [-0.4, -0.2) is 10.9 Å². The summed E-state index contributed by atoms with van der Waals surface area (Å²) in [7, 11) is 0. The molecule has 2 aromatic heterocycles. The van der Waals surface area contributed by atoms with Crippen LogP contribution in [0.3, 0.4) is 0 Å². The Bertz CT molecular complexity index is 1590. The van der Waals surface area contributed by atoms with Crippen molar-refractivity contribution in [1.29, 1.82) is 5.26 Å². The zero-order valence-electron chi connectivity index (χ0n) is 20.5. The molecule has 2 aromatic carbocycles. The van der Waals surface area contributed by atoms with Gasteiger partial charge in [0.25, 0.3) is 0 Å². The molecule has 0 aliphatic heterocycles. The van der Waals surface area contributed by atoms with E-state index in [1.54, 1.807) is 17.5 Å². The van der Waals surface area contributed by atoms with Crippen molar-refractivity contribution >= 4 is 34.7 Å². The van der Waals surface area contributed by atoms with E-state index in [9.17, 15) is 49.6 Å². The highest BCUT2D eigenvalue weighted by molar-refractivity contribution is 8.00. The number of nitrogens with zero attached hydrogens (tertiary/aromatic N) is 2. The van der Waals surface area contributed by atoms with Crippen molar-refractivity contribution < 1.29 is 44.3 Å². The van der Waals surface area contributed by atoms with E-state index in [4.69, 9.17) is 0 Å². The number of alkyl halides is 9. The van der Waals surface area contributed by atoms with E-state index in [1.807, 2.05) is 5.32 Å². The SMILES string of the molecule is N#Cc1c(C(F)(F)F)cc(-c2cccs2)nc1SC(C(=O)Nc1cc(C(F)(F)F)cc(C(F)(F)F)c1)c1ccccc1. The van der Waals surface area contributed by atoms with Gasteiger partial charge in [-0.2, -0.15) is 44.8 Å². The quantitative estimate of drug-likeness (QED) is 0.170. The molecule has 0 radical (unpaired) electrons. The van der Waals surface area contributed by atoms with E-state index >= 15 is 0 Å². The lowest BCUT2D eigenvalue weighted by molar-refractivity contribution is -0.143. The number of amides is 1. The highest BCUT2D eigenvalue weighted by Crippen LogP contribution is 2.44. The van der Waals surface area contributed by atoms with Crippen molar-refractivity contribution in [1.82, 2.24) is 4.98 Å².